The number of aromatic nitrogens is 2. The van der Waals surface area contributed by atoms with Crippen molar-refractivity contribution in [1.82, 2.24) is 15.1 Å². The number of nitrogens with one attached hydrogen (secondary N) is 3. The van der Waals surface area contributed by atoms with Crippen LogP contribution in [0, 0.1) is 12.3 Å². The summed E-state index contributed by atoms with van der Waals surface area (Å²) in [5.74, 6) is 2.44. The van der Waals surface area contributed by atoms with E-state index in [1.165, 1.54) is 0 Å². The average molecular weight is 538 g/mol. The molecule has 10 heteroatoms. The van der Waals surface area contributed by atoms with E-state index in [-0.39, 0.29) is 31.6 Å². The first-order valence-corrected chi connectivity index (χ1v) is 12.3. The van der Waals surface area contributed by atoms with Gasteiger partial charge in [0.1, 0.15) is 5.82 Å². The molecule has 4 aromatic rings. The Morgan fingerprint density at radius 2 is 1.75 bits per heavy atom. The first-order valence-electron chi connectivity index (χ1n) is 12.3. The highest BCUT2D eigenvalue weighted by molar-refractivity contribution is 6.05. The van der Waals surface area contributed by atoms with Gasteiger partial charge in [-0.2, -0.15) is 5.10 Å². The number of ether oxygens (including phenoxy) is 1. The van der Waals surface area contributed by atoms with E-state index in [0.717, 1.165) is 5.56 Å². The topological polar surface area (TPSA) is 135 Å². The monoisotopic (exact) mass is 537 g/mol. The molecular weight excluding hydrogens is 510 g/mol. The highest BCUT2D eigenvalue weighted by Gasteiger charge is 2.14. The zero-order valence-electron chi connectivity index (χ0n) is 21.7. The van der Waals surface area contributed by atoms with Gasteiger partial charge in [-0.3, -0.25) is 14.3 Å². The summed E-state index contributed by atoms with van der Waals surface area (Å²) < 4.78 is 7.07. The molecule has 4 N–H and O–H groups in total. The number of hydrogen-bond donors (Lipinski definition) is 4. The number of rotatable bonds is 10. The average Bonchev–Trinajstić information content (AvgIpc) is 3.32. The maximum Gasteiger partial charge on any atom is 0.404 e. The maximum absolute atomic E-state index is 13.0. The van der Waals surface area contributed by atoms with Crippen molar-refractivity contribution in [2.75, 3.05) is 23.8 Å². The lowest BCUT2D eigenvalue weighted by atomic mass is 10.1. The molecular formula is C30H27N5O5. The standard InChI is InChI=1S/C30H27N5O5/c1-3-20-7-6-9-22(17-20)28(36)33-27-18-26(34-35(27)2)21-11-13-24(14-12-21)32-29(37)25-10-5-4-8-23(25)19-40-16-15-31-30(38)39/h1,4-14,17-18,31H,15-16,19H2,2H3,(H,32,37)(H,33,36)(H,38,39). The van der Waals surface area contributed by atoms with Crippen molar-refractivity contribution in [2.24, 2.45) is 7.05 Å². The first kappa shape index (κ1) is 27.6. The number of aryl methyl sites for hydroxylation is 1. The molecule has 3 aromatic carbocycles. The summed E-state index contributed by atoms with van der Waals surface area (Å²) in [6.07, 6.45) is 4.31. The number of terminal acetylenes is 1. The van der Waals surface area contributed by atoms with Crippen LogP contribution in [0.1, 0.15) is 31.8 Å². The Labute approximate surface area is 231 Å². The molecule has 0 aliphatic heterocycles. The lowest BCUT2D eigenvalue weighted by Gasteiger charge is -2.11. The highest BCUT2D eigenvalue weighted by atomic mass is 16.5. The van der Waals surface area contributed by atoms with E-state index in [1.807, 2.05) is 12.1 Å². The highest BCUT2D eigenvalue weighted by Crippen LogP contribution is 2.24. The van der Waals surface area contributed by atoms with Crippen LogP contribution in [-0.4, -0.2) is 45.9 Å². The Kier molecular flexibility index (Phi) is 8.92. The molecule has 1 aromatic heterocycles. The smallest absolute Gasteiger partial charge is 0.404 e. The van der Waals surface area contributed by atoms with Crippen LogP contribution in [0.4, 0.5) is 16.3 Å². The van der Waals surface area contributed by atoms with Gasteiger partial charge in [0.05, 0.1) is 18.9 Å². The van der Waals surface area contributed by atoms with Crippen LogP contribution >= 0.6 is 0 Å². The van der Waals surface area contributed by atoms with Gasteiger partial charge in [0.15, 0.2) is 0 Å². The van der Waals surface area contributed by atoms with E-state index in [9.17, 15) is 14.4 Å². The van der Waals surface area contributed by atoms with Gasteiger partial charge in [0.25, 0.3) is 11.8 Å². The minimum Gasteiger partial charge on any atom is -0.465 e. The Balaban J connectivity index is 1.39. The van der Waals surface area contributed by atoms with Gasteiger partial charge in [-0.1, -0.05) is 42.3 Å². The van der Waals surface area contributed by atoms with E-state index in [0.29, 0.717) is 39.5 Å². The molecule has 0 atom stereocenters. The summed E-state index contributed by atoms with van der Waals surface area (Å²) >= 11 is 0. The molecule has 0 aliphatic rings. The number of carbonyl (C=O) groups is 3. The van der Waals surface area contributed by atoms with E-state index in [1.54, 1.807) is 78.5 Å². The van der Waals surface area contributed by atoms with Crippen LogP contribution < -0.4 is 16.0 Å². The van der Waals surface area contributed by atoms with Crippen LogP contribution in [-0.2, 0) is 18.4 Å². The van der Waals surface area contributed by atoms with Crippen LogP contribution in [0.25, 0.3) is 11.3 Å². The van der Waals surface area contributed by atoms with E-state index >= 15 is 0 Å². The minimum atomic E-state index is -1.12. The van der Waals surface area contributed by atoms with Crippen molar-refractivity contribution >= 4 is 29.4 Å². The van der Waals surface area contributed by atoms with Crippen LogP contribution in [0.15, 0.2) is 78.9 Å². The van der Waals surface area contributed by atoms with Gasteiger partial charge in [-0.05, 0) is 42.0 Å². The lowest BCUT2D eigenvalue weighted by Crippen LogP contribution is -2.25. The predicted octanol–water partition coefficient (Wildman–Crippen LogP) is 4.36. The summed E-state index contributed by atoms with van der Waals surface area (Å²) in [6.45, 7) is 0.500. The van der Waals surface area contributed by atoms with Crippen LogP contribution in [0.5, 0.6) is 0 Å². The van der Waals surface area contributed by atoms with E-state index in [4.69, 9.17) is 16.3 Å². The lowest BCUT2D eigenvalue weighted by molar-refractivity contribution is 0.100. The fourth-order valence-electron chi connectivity index (χ4n) is 3.87. The molecule has 0 bridgehead atoms. The molecule has 202 valence electrons. The van der Waals surface area contributed by atoms with Gasteiger partial charge in [-0.15, -0.1) is 6.42 Å². The maximum atomic E-state index is 13.0. The number of anilines is 2. The molecule has 10 nitrogen and oxygen atoms in total. The van der Waals surface area contributed by atoms with Gasteiger partial charge < -0.3 is 25.8 Å². The fraction of sp³-hybridized carbons (Fsp3) is 0.133. The molecule has 0 spiro atoms. The Morgan fingerprint density at radius 1 is 0.975 bits per heavy atom. The molecule has 1 heterocycles. The Morgan fingerprint density at radius 3 is 2.50 bits per heavy atom. The summed E-state index contributed by atoms with van der Waals surface area (Å²) in [7, 11) is 1.73. The number of benzene rings is 3. The second-order valence-electron chi connectivity index (χ2n) is 8.69. The SMILES string of the molecule is C#Cc1cccc(C(=O)Nc2cc(-c3ccc(NC(=O)c4ccccc4COCCNC(=O)O)cc3)nn2C)c1. The normalized spacial score (nSPS) is 10.4. The van der Waals surface area contributed by atoms with Gasteiger partial charge in [0, 0.05) is 47.6 Å². The molecule has 40 heavy (non-hydrogen) atoms. The van der Waals surface area contributed by atoms with Gasteiger partial charge >= 0.3 is 6.09 Å². The third kappa shape index (κ3) is 7.12. The number of nitrogens with zero attached hydrogens (tertiary/aromatic N) is 2. The largest absolute Gasteiger partial charge is 0.465 e. The summed E-state index contributed by atoms with van der Waals surface area (Å²) in [5, 5.41) is 21.1. The molecule has 0 fully saturated rings. The number of carboxylic acid groups (broad SMARTS) is 1. The quantitative estimate of drug-likeness (QED) is 0.175. The van der Waals surface area contributed by atoms with Crippen molar-refractivity contribution in [1.29, 1.82) is 0 Å². The zero-order chi connectivity index (χ0) is 28.5. The second-order valence-corrected chi connectivity index (χ2v) is 8.69. The summed E-state index contributed by atoms with van der Waals surface area (Å²) in [6, 6.07) is 22.8. The Hall–Kier alpha value is -5.40. The van der Waals surface area contributed by atoms with Gasteiger partial charge in [0.2, 0.25) is 0 Å². The molecule has 0 aliphatic carbocycles. The molecule has 0 saturated heterocycles. The third-order valence-electron chi connectivity index (χ3n) is 5.89. The first-order chi connectivity index (χ1) is 19.3. The Bertz CT molecular complexity index is 1570. The van der Waals surface area contributed by atoms with Crippen molar-refractivity contribution in [3.63, 3.8) is 0 Å². The minimum absolute atomic E-state index is 0.153. The molecule has 0 unspecified atom stereocenters. The van der Waals surface area contributed by atoms with E-state index < -0.39 is 6.09 Å². The van der Waals surface area contributed by atoms with Crippen molar-refractivity contribution in [3.05, 3.63) is 101 Å². The van der Waals surface area contributed by atoms with Crippen molar-refractivity contribution < 1.29 is 24.2 Å². The van der Waals surface area contributed by atoms with Crippen molar-refractivity contribution in [2.45, 2.75) is 6.61 Å². The molecule has 4 rings (SSSR count). The zero-order valence-corrected chi connectivity index (χ0v) is 21.7. The summed E-state index contributed by atoms with van der Waals surface area (Å²) in [4.78, 5) is 36.2. The third-order valence-corrected chi connectivity index (χ3v) is 5.89. The number of hydrogen-bond acceptors (Lipinski definition) is 5. The van der Waals surface area contributed by atoms with Crippen LogP contribution in [0.3, 0.4) is 0 Å². The molecule has 0 saturated carbocycles. The fourth-order valence-corrected chi connectivity index (χ4v) is 3.87. The second kappa shape index (κ2) is 12.9. The van der Waals surface area contributed by atoms with Gasteiger partial charge in [-0.25, -0.2) is 4.79 Å². The summed E-state index contributed by atoms with van der Waals surface area (Å²) in [5.41, 5.74) is 4.24. The number of amides is 3. The van der Waals surface area contributed by atoms with Crippen molar-refractivity contribution in [3.8, 4) is 23.6 Å². The molecule has 3 amide bonds. The molecule has 0 radical (unpaired) electrons. The van der Waals surface area contributed by atoms with E-state index in [2.05, 4.69) is 27.0 Å². The van der Waals surface area contributed by atoms with Crippen LogP contribution in [0.2, 0.25) is 0 Å². The number of carbonyl (C=O) groups excluding carboxylic acids is 2. The predicted molar refractivity (Wildman–Crippen MR) is 151 cm³/mol.